The normalized spacial score (nSPS) is 10.8. The van der Waals surface area contributed by atoms with E-state index in [-0.39, 0.29) is 0 Å². The van der Waals surface area contributed by atoms with Crippen molar-refractivity contribution in [2.75, 3.05) is 0 Å². The van der Waals surface area contributed by atoms with Crippen LogP contribution in [0.3, 0.4) is 0 Å². The Hall–Kier alpha value is -3.26. The topological polar surface area (TPSA) is 29.5 Å². The minimum absolute atomic E-state index is 0.330. The first-order valence-electron chi connectivity index (χ1n) is 8.75. The summed E-state index contributed by atoms with van der Waals surface area (Å²) < 4.78 is 6.13. The van der Waals surface area contributed by atoms with Crippen LogP contribution >= 0.6 is 0 Å². The highest BCUT2D eigenvalue weighted by Gasteiger charge is 2.13. The van der Waals surface area contributed by atoms with Crippen LogP contribution in [0, 0.1) is 0 Å². The molecule has 0 heterocycles. The summed E-state index contributed by atoms with van der Waals surface area (Å²) in [5.74, 6) is 1.13. The highest BCUT2D eigenvalue weighted by atomic mass is 16.5. The van der Waals surface area contributed by atoms with E-state index in [1.807, 2.05) is 78.9 Å². The third-order valence-corrected chi connectivity index (χ3v) is 4.53. The summed E-state index contributed by atoms with van der Waals surface area (Å²) in [5.41, 5.74) is 3.15. The molecule has 0 fully saturated rings. The van der Waals surface area contributed by atoms with Crippen molar-refractivity contribution in [2.24, 2.45) is 0 Å². The number of benzene rings is 4. The molecule has 0 aliphatic rings. The van der Waals surface area contributed by atoms with Gasteiger partial charge in [-0.05, 0) is 17.2 Å². The van der Waals surface area contributed by atoms with Crippen LogP contribution < -0.4 is 4.74 Å². The standard InChI is InChI=1S/C24H20O2/c25-24-20(15-18-9-3-1-4-10-18)16-23(21-13-7-8-14-22(21)24)26-17-19-11-5-2-6-12-19/h1-14,16,25H,15,17H2. The molecule has 1 N–H and O–H groups in total. The first-order valence-corrected chi connectivity index (χ1v) is 8.75. The second kappa shape index (κ2) is 7.32. The van der Waals surface area contributed by atoms with E-state index in [0.717, 1.165) is 33.2 Å². The molecule has 0 radical (unpaired) electrons. The molecule has 128 valence electrons. The van der Waals surface area contributed by atoms with Gasteiger partial charge in [-0.15, -0.1) is 0 Å². The fourth-order valence-corrected chi connectivity index (χ4v) is 3.19. The molecule has 0 unspecified atom stereocenters. The Morgan fingerprint density at radius 1 is 0.654 bits per heavy atom. The summed E-state index contributed by atoms with van der Waals surface area (Å²) in [6.07, 6.45) is 0.666. The van der Waals surface area contributed by atoms with E-state index in [1.165, 1.54) is 0 Å². The van der Waals surface area contributed by atoms with Crippen molar-refractivity contribution in [1.29, 1.82) is 0 Å². The second-order valence-electron chi connectivity index (χ2n) is 6.36. The van der Waals surface area contributed by atoms with Gasteiger partial charge in [0.1, 0.15) is 18.1 Å². The quantitative estimate of drug-likeness (QED) is 0.504. The molecule has 0 aliphatic carbocycles. The van der Waals surface area contributed by atoms with Gasteiger partial charge in [-0.2, -0.15) is 0 Å². The number of hydrogen-bond acceptors (Lipinski definition) is 2. The van der Waals surface area contributed by atoms with Gasteiger partial charge in [0.25, 0.3) is 0 Å². The van der Waals surface area contributed by atoms with Gasteiger partial charge < -0.3 is 9.84 Å². The van der Waals surface area contributed by atoms with E-state index >= 15 is 0 Å². The van der Waals surface area contributed by atoms with Crippen molar-refractivity contribution in [3.05, 3.63) is 108 Å². The van der Waals surface area contributed by atoms with Crippen molar-refractivity contribution in [3.8, 4) is 11.5 Å². The van der Waals surface area contributed by atoms with Gasteiger partial charge in [0.15, 0.2) is 0 Å². The fourth-order valence-electron chi connectivity index (χ4n) is 3.19. The number of ether oxygens (including phenoxy) is 1. The summed E-state index contributed by atoms with van der Waals surface area (Å²) in [4.78, 5) is 0. The highest BCUT2D eigenvalue weighted by molar-refractivity contribution is 5.94. The molecule has 0 aliphatic heterocycles. The maximum atomic E-state index is 10.8. The SMILES string of the molecule is Oc1c(Cc2ccccc2)cc(OCc2ccccc2)c2ccccc12. The van der Waals surface area contributed by atoms with Crippen molar-refractivity contribution in [2.45, 2.75) is 13.0 Å². The summed E-state index contributed by atoms with van der Waals surface area (Å²) in [6, 6.07) is 30.1. The molecule has 0 bridgehead atoms. The molecule has 0 amide bonds. The second-order valence-corrected chi connectivity index (χ2v) is 6.36. The van der Waals surface area contributed by atoms with E-state index < -0.39 is 0 Å². The summed E-state index contributed by atoms with van der Waals surface area (Å²) >= 11 is 0. The molecule has 0 saturated heterocycles. The Morgan fingerprint density at radius 2 is 1.23 bits per heavy atom. The van der Waals surface area contributed by atoms with Crippen LogP contribution in [0.1, 0.15) is 16.7 Å². The van der Waals surface area contributed by atoms with Crippen molar-refractivity contribution >= 4 is 10.8 Å². The summed E-state index contributed by atoms with van der Waals surface area (Å²) in [5, 5.41) is 12.5. The molecule has 0 aromatic heterocycles. The largest absolute Gasteiger partial charge is 0.507 e. The molecule has 4 rings (SSSR count). The van der Waals surface area contributed by atoms with Gasteiger partial charge in [0.2, 0.25) is 0 Å². The summed E-state index contributed by atoms with van der Waals surface area (Å²) in [6.45, 7) is 0.500. The number of phenols is 1. The first kappa shape index (κ1) is 16.2. The van der Waals surface area contributed by atoms with E-state index in [9.17, 15) is 5.11 Å². The van der Waals surface area contributed by atoms with Gasteiger partial charge in [-0.1, -0.05) is 84.9 Å². The van der Waals surface area contributed by atoms with Crippen LogP contribution in [0.15, 0.2) is 91.0 Å². The van der Waals surface area contributed by atoms with Crippen molar-refractivity contribution in [3.63, 3.8) is 0 Å². The zero-order valence-electron chi connectivity index (χ0n) is 14.4. The molecule has 4 aromatic rings. The lowest BCUT2D eigenvalue weighted by Crippen LogP contribution is -1.98. The number of hydrogen-bond donors (Lipinski definition) is 1. The smallest absolute Gasteiger partial charge is 0.128 e. The Labute approximate surface area is 153 Å². The average Bonchev–Trinajstić information content (AvgIpc) is 2.71. The van der Waals surface area contributed by atoms with Crippen molar-refractivity contribution < 1.29 is 9.84 Å². The lowest BCUT2D eigenvalue weighted by atomic mass is 9.99. The molecule has 4 aromatic carbocycles. The Kier molecular flexibility index (Phi) is 4.57. The molecule has 26 heavy (non-hydrogen) atoms. The molecule has 2 heteroatoms. The predicted molar refractivity (Wildman–Crippen MR) is 106 cm³/mol. The number of aromatic hydroxyl groups is 1. The lowest BCUT2D eigenvalue weighted by molar-refractivity contribution is 0.309. The van der Waals surface area contributed by atoms with Crippen LogP contribution in [0.25, 0.3) is 10.8 Å². The van der Waals surface area contributed by atoms with Crippen LogP contribution in [0.5, 0.6) is 11.5 Å². The zero-order chi connectivity index (χ0) is 17.8. The zero-order valence-corrected chi connectivity index (χ0v) is 14.4. The molecule has 0 saturated carbocycles. The minimum atomic E-state index is 0.330. The number of phenolic OH excluding ortho intramolecular Hbond substituents is 1. The van der Waals surface area contributed by atoms with Gasteiger partial charge in [0.05, 0.1) is 0 Å². The third kappa shape index (κ3) is 3.40. The van der Waals surface area contributed by atoms with Crippen LogP contribution in [0.4, 0.5) is 0 Å². The number of fused-ring (bicyclic) bond motifs is 1. The number of rotatable bonds is 5. The lowest BCUT2D eigenvalue weighted by Gasteiger charge is -2.14. The van der Waals surface area contributed by atoms with Crippen LogP contribution in [-0.2, 0) is 13.0 Å². The fraction of sp³-hybridized carbons (Fsp3) is 0.0833. The molecular formula is C24H20O2. The Bertz CT molecular complexity index is 1010. The molecule has 0 spiro atoms. The van der Waals surface area contributed by atoms with Gasteiger partial charge in [-0.25, -0.2) is 0 Å². The van der Waals surface area contributed by atoms with Gasteiger partial charge in [-0.3, -0.25) is 0 Å². The maximum absolute atomic E-state index is 10.8. The maximum Gasteiger partial charge on any atom is 0.128 e. The van der Waals surface area contributed by atoms with E-state index in [2.05, 4.69) is 12.1 Å². The van der Waals surface area contributed by atoms with Crippen LogP contribution in [-0.4, -0.2) is 5.11 Å². The first-order chi connectivity index (χ1) is 12.8. The summed E-state index contributed by atoms with van der Waals surface area (Å²) in [7, 11) is 0. The Balaban J connectivity index is 1.72. The predicted octanol–water partition coefficient (Wildman–Crippen LogP) is 5.72. The molecular weight excluding hydrogens is 320 g/mol. The monoisotopic (exact) mass is 340 g/mol. The van der Waals surface area contributed by atoms with Gasteiger partial charge in [0, 0.05) is 22.8 Å². The van der Waals surface area contributed by atoms with Gasteiger partial charge >= 0.3 is 0 Å². The van der Waals surface area contributed by atoms with E-state index in [0.29, 0.717) is 18.8 Å². The van der Waals surface area contributed by atoms with Crippen LogP contribution in [0.2, 0.25) is 0 Å². The van der Waals surface area contributed by atoms with E-state index in [4.69, 9.17) is 4.74 Å². The molecule has 2 nitrogen and oxygen atoms in total. The van der Waals surface area contributed by atoms with Crippen molar-refractivity contribution in [1.82, 2.24) is 0 Å². The Morgan fingerprint density at radius 3 is 1.92 bits per heavy atom. The average molecular weight is 340 g/mol. The highest BCUT2D eigenvalue weighted by Crippen LogP contribution is 2.37. The molecule has 0 atom stereocenters. The minimum Gasteiger partial charge on any atom is -0.507 e. The van der Waals surface area contributed by atoms with E-state index in [1.54, 1.807) is 0 Å². The third-order valence-electron chi connectivity index (χ3n) is 4.53.